The summed E-state index contributed by atoms with van der Waals surface area (Å²) in [5.41, 5.74) is 3.08. The predicted molar refractivity (Wildman–Crippen MR) is 75.4 cm³/mol. The topological polar surface area (TPSA) is 0 Å². The fourth-order valence-corrected chi connectivity index (χ4v) is 3.15. The monoisotopic (exact) mass is 230 g/mol. The van der Waals surface area contributed by atoms with Gasteiger partial charge in [-0.1, -0.05) is 51.0 Å². The molecule has 0 nitrogen and oxygen atoms in total. The smallest absolute Gasteiger partial charge is 0.0162 e. The van der Waals surface area contributed by atoms with Gasteiger partial charge in [0.15, 0.2) is 0 Å². The van der Waals surface area contributed by atoms with Crippen molar-refractivity contribution in [2.45, 2.75) is 64.7 Å². The summed E-state index contributed by atoms with van der Waals surface area (Å²) in [7, 11) is 0. The number of rotatable bonds is 4. The zero-order valence-corrected chi connectivity index (χ0v) is 11.4. The van der Waals surface area contributed by atoms with Crippen LogP contribution in [-0.4, -0.2) is 0 Å². The Kier molecular flexibility index (Phi) is 4.65. The first-order valence-electron chi connectivity index (χ1n) is 7.42. The highest BCUT2D eigenvalue weighted by molar-refractivity contribution is 5.25. The Morgan fingerprint density at radius 3 is 2.12 bits per heavy atom. The molecule has 94 valence electrons. The number of benzene rings is 1. The van der Waals surface area contributed by atoms with Crippen LogP contribution in [0, 0.1) is 5.92 Å². The van der Waals surface area contributed by atoms with Crippen molar-refractivity contribution in [3.8, 4) is 0 Å². The molecule has 1 saturated carbocycles. The molecule has 0 N–H and O–H groups in total. The van der Waals surface area contributed by atoms with Gasteiger partial charge in [-0.3, -0.25) is 0 Å². The van der Waals surface area contributed by atoms with E-state index in [1.807, 2.05) is 0 Å². The molecular weight excluding hydrogens is 204 g/mol. The van der Waals surface area contributed by atoms with Gasteiger partial charge in [-0.15, -0.1) is 0 Å². The second-order valence-corrected chi connectivity index (χ2v) is 5.62. The molecule has 1 aromatic rings. The van der Waals surface area contributed by atoms with Crippen LogP contribution in [0.3, 0.4) is 0 Å². The maximum absolute atomic E-state index is 2.38. The van der Waals surface area contributed by atoms with Crippen molar-refractivity contribution in [1.82, 2.24) is 0 Å². The molecule has 0 unspecified atom stereocenters. The lowest BCUT2D eigenvalue weighted by molar-refractivity contribution is 0.319. The minimum Gasteiger partial charge on any atom is -0.0651 e. The van der Waals surface area contributed by atoms with Gasteiger partial charge >= 0.3 is 0 Å². The Bertz CT molecular complexity index is 314. The van der Waals surface area contributed by atoms with Crippen LogP contribution in [0.2, 0.25) is 0 Å². The van der Waals surface area contributed by atoms with Crippen molar-refractivity contribution in [2.24, 2.45) is 5.92 Å². The molecule has 1 aromatic carbocycles. The Morgan fingerprint density at radius 2 is 1.59 bits per heavy atom. The molecule has 0 aromatic heterocycles. The average molecular weight is 230 g/mol. The molecule has 0 heteroatoms. The largest absolute Gasteiger partial charge is 0.0651 e. The van der Waals surface area contributed by atoms with Gasteiger partial charge in [-0.2, -0.15) is 0 Å². The lowest BCUT2D eigenvalue weighted by Gasteiger charge is -2.28. The summed E-state index contributed by atoms with van der Waals surface area (Å²) in [5.74, 6) is 1.85. The van der Waals surface area contributed by atoms with Crippen LogP contribution < -0.4 is 0 Å². The van der Waals surface area contributed by atoms with Crippen LogP contribution >= 0.6 is 0 Å². The van der Waals surface area contributed by atoms with E-state index in [9.17, 15) is 0 Å². The molecule has 0 atom stereocenters. The van der Waals surface area contributed by atoms with E-state index in [0.717, 1.165) is 11.8 Å². The van der Waals surface area contributed by atoms with Crippen molar-refractivity contribution in [3.63, 3.8) is 0 Å². The van der Waals surface area contributed by atoms with Crippen LogP contribution in [0.1, 0.15) is 69.4 Å². The number of hydrogen-bond acceptors (Lipinski definition) is 0. The van der Waals surface area contributed by atoms with Crippen molar-refractivity contribution in [3.05, 3.63) is 35.4 Å². The van der Waals surface area contributed by atoms with Crippen LogP contribution in [0.5, 0.6) is 0 Å². The van der Waals surface area contributed by atoms with Gasteiger partial charge in [-0.05, 0) is 55.1 Å². The fraction of sp³-hybridized carbons (Fsp3) is 0.647. The summed E-state index contributed by atoms with van der Waals surface area (Å²) < 4.78 is 0. The lowest BCUT2D eigenvalue weighted by atomic mass is 9.78. The number of hydrogen-bond donors (Lipinski definition) is 0. The fourth-order valence-electron chi connectivity index (χ4n) is 3.15. The van der Waals surface area contributed by atoms with Crippen molar-refractivity contribution in [1.29, 1.82) is 0 Å². The summed E-state index contributed by atoms with van der Waals surface area (Å²) in [6.07, 6.45) is 9.55. The molecule has 0 spiro atoms. The number of aryl methyl sites for hydroxylation is 1. The Morgan fingerprint density at radius 1 is 0.941 bits per heavy atom. The molecule has 0 radical (unpaired) electrons. The summed E-state index contributed by atoms with van der Waals surface area (Å²) in [6, 6.07) is 9.43. The SMILES string of the molecule is CCCc1ccc([C@H]2CC[C@H](CC)CC2)cc1. The third kappa shape index (κ3) is 3.34. The molecule has 1 aliphatic rings. The van der Waals surface area contributed by atoms with Gasteiger partial charge in [0.2, 0.25) is 0 Å². The molecule has 1 fully saturated rings. The molecule has 0 amide bonds. The third-order valence-corrected chi connectivity index (χ3v) is 4.41. The predicted octanol–water partition coefficient (Wildman–Crippen LogP) is 5.32. The van der Waals surface area contributed by atoms with Gasteiger partial charge in [0.05, 0.1) is 0 Å². The van der Waals surface area contributed by atoms with E-state index in [-0.39, 0.29) is 0 Å². The van der Waals surface area contributed by atoms with Crippen LogP contribution in [0.4, 0.5) is 0 Å². The highest BCUT2D eigenvalue weighted by atomic mass is 14.3. The molecule has 0 heterocycles. The summed E-state index contributed by atoms with van der Waals surface area (Å²) in [5, 5.41) is 0. The van der Waals surface area contributed by atoms with Gasteiger partial charge in [0, 0.05) is 0 Å². The second-order valence-electron chi connectivity index (χ2n) is 5.62. The quantitative estimate of drug-likeness (QED) is 0.656. The lowest BCUT2D eigenvalue weighted by Crippen LogP contribution is -2.12. The van der Waals surface area contributed by atoms with Crippen molar-refractivity contribution in [2.75, 3.05) is 0 Å². The maximum Gasteiger partial charge on any atom is -0.0162 e. The zero-order valence-electron chi connectivity index (χ0n) is 11.4. The molecule has 2 rings (SSSR count). The van der Waals surface area contributed by atoms with Gasteiger partial charge < -0.3 is 0 Å². The minimum atomic E-state index is 0.841. The molecule has 0 saturated heterocycles. The summed E-state index contributed by atoms with van der Waals surface area (Å²) in [4.78, 5) is 0. The van der Waals surface area contributed by atoms with Gasteiger partial charge in [0.25, 0.3) is 0 Å². The molecule has 17 heavy (non-hydrogen) atoms. The zero-order chi connectivity index (χ0) is 12.1. The molecule has 0 aliphatic heterocycles. The van der Waals surface area contributed by atoms with Crippen molar-refractivity contribution >= 4 is 0 Å². The van der Waals surface area contributed by atoms with E-state index < -0.39 is 0 Å². The minimum absolute atomic E-state index is 0.841. The van der Waals surface area contributed by atoms with E-state index in [2.05, 4.69) is 38.1 Å². The van der Waals surface area contributed by atoms with Crippen molar-refractivity contribution < 1.29 is 0 Å². The van der Waals surface area contributed by atoms with Gasteiger partial charge in [0.1, 0.15) is 0 Å². The Hall–Kier alpha value is -0.780. The summed E-state index contributed by atoms with van der Waals surface area (Å²) in [6.45, 7) is 4.59. The Labute approximate surface area is 106 Å². The van der Waals surface area contributed by atoms with E-state index in [1.165, 1.54) is 50.5 Å². The summed E-state index contributed by atoms with van der Waals surface area (Å²) >= 11 is 0. The van der Waals surface area contributed by atoms with Crippen LogP contribution in [-0.2, 0) is 6.42 Å². The van der Waals surface area contributed by atoms with E-state index >= 15 is 0 Å². The normalized spacial score (nSPS) is 24.8. The standard InChI is InChI=1S/C17H26/c1-3-5-15-8-12-17(13-9-15)16-10-6-14(4-2)7-11-16/h8-9,12-14,16H,3-7,10-11H2,1-2H3/t14-,16-. The Balaban J connectivity index is 1.94. The van der Waals surface area contributed by atoms with Crippen LogP contribution in [0.15, 0.2) is 24.3 Å². The first-order chi connectivity index (χ1) is 8.33. The van der Waals surface area contributed by atoms with E-state index in [1.54, 1.807) is 5.56 Å². The molecular formula is C17H26. The first kappa shape index (κ1) is 12.7. The molecule has 1 aliphatic carbocycles. The average Bonchev–Trinajstić information content (AvgIpc) is 2.40. The second kappa shape index (κ2) is 6.23. The van der Waals surface area contributed by atoms with Gasteiger partial charge in [-0.25, -0.2) is 0 Å². The highest BCUT2D eigenvalue weighted by Crippen LogP contribution is 2.36. The van der Waals surface area contributed by atoms with Crippen LogP contribution in [0.25, 0.3) is 0 Å². The maximum atomic E-state index is 2.38. The van der Waals surface area contributed by atoms with E-state index in [4.69, 9.17) is 0 Å². The molecule has 0 bridgehead atoms. The van der Waals surface area contributed by atoms with E-state index in [0.29, 0.717) is 0 Å². The third-order valence-electron chi connectivity index (χ3n) is 4.41. The first-order valence-corrected chi connectivity index (χ1v) is 7.42. The highest BCUT2D eigenvalue weighted by Gasteiger charge is 2.20.